The molecule has 0 bridgehead atoms. The Balaban J connectivity index is 2.11. The summed E-state index contributed by atoms with van der Waals surface area (Å²) in [4.78, 5) is 15.5. The van der Waals surface area contributed by atoms with Crippen molar-refractivity contribution >= 4 is 39.7 Å². The molecule has 0 atom stereocenters. The number of carbonyl (C=O) groups excluding carboxylic acids is 1. The molecule has 4 rings (SSSR count). The van der Waals surface area contributed by atoms with Crippen LogP contribution in [0.4, 0.5) is 0 Å². The number of carbonyl (C=O) groups is 1. The molecule has 2 nitrogen and oxygen atoms in total. The van der Waals surface area contributed by atoms with Crippen LogP contribution in [0.1, 0.15) is 6.92 Å². The van der Waals surface area contributed by atoms with E-state index in [0.29, 0.717) is 5.71 Å². The minimum atomic E-state index is -2.09. The lowest BCUT2D eigenvalue weighted by Crippen LogP contribution is -2.29. The van der Waals surface area contributed by atoms with E-state index in [9.17, 15) is 4.79 Å². The molecule has 0 spiro atoms. The second-order valence-corrected chi connectivity index (χ2v) is 10.2. The van der Waals surface area contributed by atoms with Crippen molar-refractivity contribution in [3.05, 3.63) is 115 Å². The average Bonchev–Trinajstić information content (AvgIpc) is 2.77. The Bertz CT molecular complexity index is 1040. The number of amides is 1. The first-order valence-corrected chi connectivity index (χ1v) is 11.4. The van der Waals surface area contributed by atoms with Gasteiger partial charge < -0.3 is 0 Å². The van der Waals surface area contributed by atoms with Crippen molar-refractivity contribution in [2.75, 3.05) is 0 Å². The van der Waals surface area contributed by atoms with E-state index in [2.05, 4.69) is 108 Å². The third kappa shape index (κ3) is 3.72. The van der Waals surface area contributed by atoms with Crippen LogP contribution in [-0.2, 0) is 4.79 Å². The minimum Gasteiger partial charge on any atom is -0.273 e. The highest BCUT2D eigenvalue weighted by atomic mass is 31.2. The smallest absolute Gasteiger partial charge is 0.243 e. The predicted molar refractivity (Wildman–Crippen MR) is 127 cm³/mol. The van der Waals surface area contributed by atoms with E-state index in [1.54, 1.807) is 0 Å². The fourth-order valence-corrected chi connectivity index (χ4v) is 8.02. The van der Waals surface area contributed by atoms with Gasteiger partial charge in [0.15, 0.2) is 0 Å². The highest BCUT2D eigenvalue weighted by molar-refractivity contribution is 7.95. The van der Waals surface area contributed by atoms with Crippen molar-refractivity contribution < 1.29 is 4.79 Å². The van der Waals surface area contributed by atoms with Gasteiger partial charge in [0.25, 0.3) is 0 Å². The Morgan fingerprint density at radius 3 is 1.34 bits per heavy atom. The zero-order valence-corrected chi connectivity index (χ0v) is 17.2. The molecule has 1 aliphatic carbocycles. The average molecular weight is 395 g/mol. The van der Waals surface area contributed by atoms with Gasteiger partial charge in [0.1, 0.15) is 0 Å². The van der Waals surface area contributed by atoms with Gasteiger partial charge in [-0.3, -0.25) is 4.79 Å². The van der Waals surface area contributed by atoms with Crippen LogP contribution < -0.4 is 15.9 Å². The molecule has 0 radical (unpaired) electrons. The molecule has 0 fully saturated rings. The topological polar surface area (TPSA) is 29.4 Å². The molecule has 0 N–H and O–H groups in total. The van der Waals surface area contributed by atoms with E-state index in [4.69, 9.17) is 0 Å². The van der Waals surface area contributed by atoms with Crippen molar-refractivity contribution in [3.8, 4) is 0 Å². The van der Waals surface area contributed by atoms with Crippen molar-refractivity contribution in [1.82, 2.24) is 0 Å². The van der Waals surface area contributed by atoms with E-state index in [1.807, 2.05) is 12.2 Å². The summed E-state index contributed by atoms with van der Waals surface area (Å²) >= 11 is 0. The summed E-state index contributed by atoms with van der Waals surface area (Å²) in [5.74, 6) is -0.187. The van der Waals surface area contributed by atoms with Crippen LogP contribution in [0.5, 0.6) is 0 Å². The van der Waals surface area contributed by atoms with Gasteiger partial charge in [0.05, 0.1) is 5.71 Å². The molecule has 29 heavy (non-hydrogen) atoms. The van der Waals surface area contributed by atoms with Gasteiger partial charge in [-0.15, -0.1) is 0 Å². The van der Waals surface area contributed by atoms with Crippen molar-refractivity contribution in [2.24, 2.45) is 4.99 Å². The first kappa shape index (κ1) is 19.1. The Morgan fingerprint density at radius 2 is 1.00 bits per heavy atom. The van der Waals surface area contributed by atoms with E-state index in [0.717, 1.165) is 0 Å². The van der Waals surface area contributed by atoms with Gasteiger partial charge in [0, 0.05) is 6.92 Å². The van der Waals surface area contributed by atoms with Crippen LogP contribution in [0, 0.1) is 0 Å². The number of rotatable bonds is 3. The van der Waals surface area contributed by atoms with Crippen LogP contribution in [0.15, 0.2) is 120 Å². The summed E-state index contributed by atoms with van der Waals surface area (Å²) in [5.41, 5.74) is 0.688. The normalized spacial score (nSPS) is 13.4. The Kier molecular flexibility index (Phi) is 5.55. The molecule has 3 heteroatoms. The maximum absolute atomic E-state index is 11.4. The Morgan fingerprint density at radius 1 is 0.621 bits per heavy atom. The van der Waals surface area contributed by atoms with Crippen LogP contribution >= 0.6 is 6.89 Å². The van der Waals surface area contributed by atoms with E-state index in [1.165, 1.54) is 28.1 Å². The second-order valence-electron chi connectivity index (χ2n) is 6.82. The molecule has 0 aromatic heterocycles. The number of hydrogen-bond acceptors (Lipinski definition) is 1. The first-order valence-electron chi connectivity index (χ1n) is 9.60. The largest absolute Gasteiger partial charge is 0.273 e. The van der Waals surface area contributed by atoms with Gasteiger partial charge in [0.2, 0.25) is 5.91 Å². The van der Waals surface area contributed by atoms with Gasteiger partial charge in [-0.05, 0) is 40.2 Å². The molecule has 0 aliphatic heterocycles. The Labute approximate surface area is 171 Å². The first-order chi connectivity index (χ1) is 14.2. The fourth-order valence-electron chi connectivity index (χ4n) is 3.78. The highest BCUT2D eigenvalue weighted by Gasteiger charge is 2.28. The lowest BCUT2D eigenvalue weighted by molar-refractivity contribution is -0.115. The van der Waals surface area contributed by atoms with E-state index in [-0.39, 0.29) is 5.91 Å². The SMILES string of the molecule is CC(=O)N=C1C=CC(=P(c2ccccc2)(c2ccccc2)c2ccccc2)C=C1. The number of hydrogen-bond donors (Lipinski definition) is 0. The molecule has 0 saturated carbocycles. The molecule has 0 unspecified atom stereocenters. The molecule has 3 aromatic carbocycles. The molecule has 142 valence electrons. The summed E-state index contributed by atoms with van der Waals surface area (Å²) in [7, 11) is 0. The molecule has 3 aromatic rings. The number of nitrogens with zero attached hydrogens (tertiary/aromatic N) is 1. The predicted octanol–water partition coefficient (Wildman–Crippen LogP) is 4.27. The van der Waals surface area contributed by atoms with Crippen LogP contribution in [0.2, 0.25) is 0 Å². The number of allylic oxidation sites excluding steroid dienone is 4. The minimum absolute atomic E-state index is 0.187. The van der Waals surface area contributed by atoms with Crippen molar-refractivity contribution in [3.63, 3.8) is 0 Å². The second kappa shape index (κ2) is 8.43. The molecular formula is C26H22NOP. The lowest BCUT2D eigenvalue weighted by Gasteiger charge is -2.31. The fraction of sp³-hybridized carbons (Fsp3) is 0.0385. The maximum Gasteiger partial charge on any atom is 0.243 e. The van der Waals surface area contributed by atoms with Crippen molar-refractivity contribution in [2.45, 2.75) is 6.92 Å². The third-order valence-electron chi connectivity index (χ3n) is 4.95. The van der Waals surface area contributed by atoms with Crippen LogP contribution in [-0.4, -0.2) is 16.9 Å². The summed E-state index contributed by atoms with van der Waals surface area (Å²) in [6.45, 7) is -0.611. The standard InChI is InChI=1S/C26H22NOP/c1-21(28)27-22-17-19-26(20-18-22)29(23-11-5-2-6-12-23,24-13-7-3-8-14-24)25-15-9-4-10-16-25/h2-20H,1H3. The zero-order valence-electron chi connectivity index (χ0n) is 16.3. The zero-order chi connectivity index (χ0) is 20.1. The lowest BCUT2D eigenvalue weighted by atomic mass is 10.2. The van der Waals surface area contributed by atoms with E-state index >= 15 is 0 Å². The third-order valence-corrected chi connectivity index (χ3v) is 9.24. The summed E-state index contributed by atoms with van der Waals surface area (Å²) in [5, 5.41) is 5.14. The molecular weight excluding hydrogens is 373 g/mol. The van der Waals surface area contributed by atoms with E-state index < -0.39 is 6.89 Å². The highest BCUT2D eigenvalue weighted by Crippen LogP contribution is 2.47. The number of aliphatic imine (C=N–C) groups is 1. The maximum atomic E-state index is 11.4. The molecule has 1 aliphatic rings. The van der Waals surface area contributed by atoms with Gasteiger partial charge in [-0.1, -0.05) is 103 Å². The van der Waals surface area contributed by atoms with Gasteiger partial charge in [-0.2, -0.15) is 0 Å². The number of benzene rings is 3. The summed E-state index contributed by atoms with van der Waals surface area (Å²) < 4.78 is 0. The van der Waals surface area contributed by atoms with Crippen molar-refractivity contribution in [1.29, 1.82) is 0 Å². The summed E-state index contributed by atoms with van der Waals surface area (Å²) in [6, 6.07) is 32.2. The Hall–Kier alpha value is -3.22. The molecule has 0 heterocycles. The summed E-state index contributed by atoms with van der Waals surface area (Å²) in [6.07, 6.45) is 8.14. The van der Waals surface area contributed by atoms with Crippen LogP contribution in [0.25, 0.3) is 0 Å². The van der Waals surface area contributed by atoms with Gasteiger partial charge >= 0.3 is 0 Å². The van der Waals surface area contributed by atoms with Gasteiger partial charge in [-0.25, -0.2) is 4.99 Å². The quantitative estimate of drug-likeness (QED) is 0.609. The monoisotopic (exact) mass is 395 g/mol. The molecule has 0 saturated heterocycles. The molecule has 1 amide bonds. The van der Waals surface area contributed by atoms with Crippen LogP contribution in [0.3, 0.4) is 0 Å².